The van der Waals surface area contributed by atoms with E-state index in [2.05, 4.69) is 29.4 Å². The van der Waals surface area contributed by atoms with Crippen LogP contribution in [0.3, 0.4) is 0 Å². The Bertz CT molecular complexity index is 644. The first-order valence-electron chi connectivity index (χ1n) is 7.76. The molecule has 2 aromatic heterocycles. The van der Waals surface area contributed by atoms with Gasteiger partial charge in [-0.15, -0.1) is 0 Å². The molecule has 0 unspecified atom stereocenters. The first-order valence-corrected chi connectivity index (χ1v) is 7.76. The zero-order valence-electron chi connectivity index (χ0n) is 13.0. The molecule has 1 aliphatic rings. The Morgan fingerprint density at radius 2 is 1.71 bits per heavy atom. The predicted molar refractivity (Wildman–Crippen MR) is 85.5 cm³/mol. The third-order valence-corrected chi connectivity index (χ3v) is 3.87. The van der Waals surface area contributed by atoms with Crippen LogP contribution in [0.1, 0.15) is 42.4 Å². The van der Waals surface area contributed by atoms with Gasteiger partial charge in [-0.1, -0.05) is 0 Å². The van der Waals surface area contributed by atoms with E-state index in [0.717, 1.165) is 48.0 Å². The molecule has 4 heteroatoms. The van der Waals surface area contributed by atoms with Gasteiger partial charge >= 0.3 is 0 Å². The number of anilines is 1. The molecule has 0 atom stereocenters. The van der Waals surface area contributed by atoms with E-state index < -0.39 is 0 Å². The first kappa shape index (κ1) is 14.0. The third-order valence-electron chi connectivity index (χ3n) is 3.87. The monoisotopic (exact) mass is 282 g/mol. The van der Waals surface area contributed by atoms with Gasteiger partial charge in [-0.05, 0) is 58.6 Å². The highest BCUT2D eigenvalue weighted by Gasteiger charge is 2.18. The zero-order valence-corrected chi connectivity index (χ0v) is 13.0. The standard InChI is InChI=1S/C17H22N4/c1-4-18-17-14-7-5-6-8-15(14)20-16(21-17)13-9-11(2)19-12(3)10-13/h9-10H,4-8H2,1-3H3,(H,18,20,21). The maximum absolute atomic E-state index is 4.83. The molecule has 0 saturated carbocycles. The fourth-order valence-electron chi connectivity index (χ4n) is 3.00. The molecule has 0 aromatic carbocycles. The number of fused-ring (bicyclic) bond motifs is 1. The minimum absolute atomic E-state index is 0.820. The minimum atomic E-state index is 0.820. The summed E-state index contributed by atoms with van der Waals surface area (Å²) in [7, 11) is 0. The molecule has 0 bridgehead atoms. The number of aromatic nitrogens is 3. The van der Waals surface area contributed by atoms with E-state index >= 15 is 0 Å². The van der Waals surface area contributed by atoms with Gasteiger partial charge in [0.2, 0.25) is 0 Å². The Morgan fingerprint density at radius 3 is 2.43 bits per heavy atom. The van der Waals surface area contributed by atoms with Crippen LogP contribution in [0, 0.1) is 13.8 Å². The second kappa shape index (κ2) is 5.80. The third kappa shape index (κ3) is 2.89. The van der Waals surface area contributed by atoms with Crippen molar-refractivity contribution in [2.75, 3.05) is 11.9 Å². The van der Waals surface area contributed by atoms with Crippen LogP contribution < -0.4 is 5.32 Å². The van der Waals surface area contributed by atoms with Crippen molar-refractivity contribution in [2.24, 2.45) is 0 Å². The van der Waals surface area contributed by atoms with Gasteiger partial charge in [0.05, 0.1) is 0 Å². The molecular formula is C17H22N4. The number of aryl methyl sites for hydroxylation is 3. The lowest BCUT2D eigenvalue weighted by Crippen LogP contribution is -2.13. The summed E-state index contributed by atoms with van der Waals surface area (Å²) in [6.07, 6.45) is 4.61. The van der Waals surface area contributed by atoms with Crippen LogP contribution in [0.15, 0.2) is 12.1 Å². The van der Waals surface area contributed by atoms with Gasteiger partial charge in [-0.2, -0.15) is 0 Å². The van der Waals surface area contributed by atoms with Crippen molar-refractivity contribution < 1.29 is 0 Å². The number of rotatable bonds is 3. The van der Waals surface area contributed by atoms with Crippen molar-refractivity contribution in [2.45, 2.75) is 46.5 Å². The second-order valence-electron chi connectivity index (χ2n) is 5.70. The molecule has 0 amide bonds. The summed E-state index contributed by atoms with van der Waals surface area (Å²) in [6, 6.07) is 4.13. The van der Waals surface area contributed by atoms with Gasteiger partial charge in [0.15, 0.2) is 5.82 Å². The van der Waals surface area contributed by atoms with E-state index in [1.807, 2.05) is 13.8 Å². The first-order chi connectivity index (χ1) is 10.2. The molecule has 21 heavy (non-hydrogen) atoms. The Balaban J connectivity index is 2.12. The minimum Gasteiger partial charge on any atom is -0.370 e. The summed E-state index contributed by atoms with van der Waals surface area (Å²) < 4.78 is 0. The van der Waals surface area contributed by atoms with Crippen LogP contribution in [-0.2, 0) is 12.8 Å². The van der Waals surface area contributed by atoms with Gasteiger partial charge in [-0.3, -0.25) is 4.98 Å². The van der Waals surface area contributed by atoms with E-state index in [9.17, 15) is 0 Å². The fourth-order valence-corrected chi connectivity index (χ4v) is 3.00. The van der Waals surface area contributed by atoms with Gasteiger partial charge < -0.3 is 5.32 Å². The van der Waals surface area contributed by atoms with Crippen molar-refractivity contribution in [1.82, 2.24) is 15.0 Å². The highest BCUT2D eigenvalue weighted by atomic mass is 15.0. The molecule has 2 heterocycles. The normalized spacial score (nSPS) is 13.9. The number of hydrogen-bond acceptors (Lipinski definition) is 4. The second-order valence-corrected chi connectivity index (χ2v) is 5.70. The van der Waals surface area contributed by atoms with Crippen molar-refractivity contribution in [3.05, 3.63) is 34.8 Å². The Morgan fingerprint density at radius 1 is 1.00 bits per heavy atom. The molecule has 0 fully saturated rings. The summed E-state index contributed by atoms with van der Waals surface area (Å²) in [5, 5.41) is 3.41. The zero-order chi connectivity index (χ0) is 14.8. The van der Waals surface area contributed by atoms with E-state index in [4.69, 9.17) is 9.97 Å². The topological polar surface area (TPSA) is 50.7 Å². The molecule has 0 saturated heterocycles. The van der Waals surface area contributed by atoms with Crippen LogP contribution in [0.25, 0.3) is 11.4 Å². The Labute approximate surface area is 126 Å². The lowest BCUT2D eigenvalue weighted by molar-refractivity contribution is 0.664. The molecule has 110 valence electrons. The van der Waals surface area contributed by atoms with E-state index in [1.165, 1.54) is 24.1 Å². The molecule has 3 rings (SSSR count). The maximum atomic E-state index is 4.83. The van der Waals surface area contributed by atoms with E-state index in [1.54, 1.807) is 0 Å². The molecule has 4 nitrogen and oxygen atoms in total. The van der Waals surface area contributed by atoms with Crippen LogP contribution in [0.4, 0.5) is 5.82 Å². The summed E-state index contributed by atoms with van der Waals surface area (Å²) in [6.45, 7) is 7.02. The number of nitrogens with one attached hydrogen (secondary N) is 1. The fraction of sp³-hybridized carbons (Fsp3) is 0.471. The van der Waals surface area contributed by atoms with E-state index in [0.29, 0.717) is 0 Å². The lowest BCUT2D eigenvalue weighted by Gasteiger charge is -2.19. The molecule has 0 spiro atoms. The van der Waals surface area contributed by atoms with Crippen LogP contribution in [-0.4, -0.2) is 21.5 Å². The number of pyridine rings is 1. The molecular weight excluding hydrogens is 260 g/mol. The Hall–Kier alpha value is -1.97. The van der Waals surface area contributed by atoms with E-state index in [-0.39, 0.29) is 0 Å². The van der Waals surface area contributed by atoms with Gasteiger partial charge in [0.25, 0.3) is 0 Å². The van der Waals surface area contributed by atoms with Crippen molar-refractivity contribution in [1.29, 1.82) is 0 Å². The van der Waals surface area contributed by atoms with Crippen LogP contribution >= 0.6 is 0 Å². The highest BCUT2D eigenvalue weighted by Crippen LogP contribution is 2.28. The molecule has 0 radical (unpaired) electrons. The SMILES string of the molecule is CCNc1nc(-c2cc(C)nc(C)c2)nc2c1CCCC2. The van der Waals surface area contributed by atoms with Crippen molar-refractivity contribution in [3.63, 3.8) is 0 Å². The average Bonchev–Trinajstić information content (AvgIpc) is 2.46. The maximum Gasteiger partial charge on any atom is 0.161 e. The van der Waals surface area contributed by atoms with Gasteiger partial charge in [0, 0.05) is 34.8 Å². The summed E-state index contributed by atoms with van der Waals surface area (Å²) >= 11 is 0. The highest BCUT2D eigenvalue weighted by molar-refractivity contribution is 5.61. The molecule has 2 aromatic rings. The largest absolute Gasteiger partial charge is 0.370 e. The van der Waals surface area contributed by atoms with Crippen molar-refractivity contribution in [3.8, 4) is 11.4 Å². The number of hydrogen-bond donors (Lipinski definition) is 1. The van der Waals surface area contributed by atoms with Gasteiger partial charge in [0.1, 0.15) is 5.82 Å². The summed E-state index contributed by atoms with van der Waals surface area (Å²) in [5.74, 6) is 1.84. The number of nitrogens with zero attached hydrogens (tertiary/aromatic N) is 3. The van der Waals surface area contributed by atoms with Crippen LogP contribution in [0.5, 0.6) is 0 Å². The van der Waals surface area contributed by atoms with Gasteiger partial charge in [-0.25, -0.2) is 9.97 Å². The average molecular weight is 282 g/mol. The predicted octanol–water partition coefficient (Wildman–Crippen LogP) is 3.47. The smallest absolute Gasteiger partial charge is 0.161 e. The van der Waals surface area contributed by atoms with Crippen molar-refractivity contribution >= 4 is 5.82 Å². The lowest BCUT2D eigenvalue weighted by atomic mass is 9.96. The summed E-state index contributed by atoms with van der Waals surface area (Å²) in [4.78, 5) is 14.0. The molecule has 1 aliphatic carbocycles. The molecule has 0 aliphatic heterocycles. The molecule has 1 N–H and O–H groups in total. The summed E-state index contributed by atoms with van der Waals surface area (Å²) in [5.41, 5.74) is 5.61. The quantitative estimate of drug-likeness (QED) is 0.936. The van der Waals surface area contributed by atoms with Crippen LogP contribution in [0.2, 0.25) is 0 Å². The Kier molecular flexibility index (Phi) is 3.86.